The highest BCUT2D eigenvalue weighted by molar-refractivity contribution is 7.92. The van der Waals surface area contributed by atoms with Gasteiger partial charge in [-0.15, -0.1) is 0 Å². The Morgan fingerprint density at radius 3 is 2.00 bits per heavy atom. The smallest absolute Gasteiger partial charge is 0.203 e. The van der Waals surface area contributed by atoms with Crippen molar-refractivity contribution in [3.8, 4) is 28.7 Å². The summed E-state index contributed by atoms with van der Waals surface area (Å²) in [6.07, 6.45) is 1.52. The number of hydrogen-bond donors (Lipinski definition) is 1. The molecule has 0 radical (unpaired) electrons. The maximum Gasteiger partial charge on any atom is 0.203 e. The van der Waals surface area contributed by atoms with Gasteiger partial charge in [-0.25, -0.2) is 8.42 Å². The summed E-state index contributed by atoms with van der Waals surface area (Å²) in [6.45, 7) is 3.48. The SMILES string of the molecule is CCCOc1c(OCCCO)cc(C2CCC(c3cc(OC)c(OC)c(OC)c3)O2)cc1S(=O)(=O)CC(C)=O. The van der Waals surface area contributed by atoms with Crippen LogP contribution in [0.5, 0.6) is 28.7 Å². The van der Waals surface area contributed by atoms with E-state index in [9.17, 15) is 18.3 Å². The first kappa shape index (κ1) is 30.5. The fraction of sp³-hybridized carbons (Fsp3) is 0.536. The minimum Gasteiger partial charge on any atom is -0.493 e. The van der Waals surface area contributed by atoms with Crippen molar-refractivity contribution in [3.05, 3.63) is 35.4 Å². The summed E-state index contributed by atoms with van der Waals surface area (Å²) in [6, 6.07) is 6.91. The number of hydrogen-bond acceptors (Lipinski definition) is 10. The summed E-state index contributed by atoms with van der Waals surface area (Å²) in [4.78, 5) is 11.7. The lowest BCUT2D eigenvalue weighted by Gasteiger charge is -2.21. The van der Waals surface area contributed by atoms with Gasteiger partial charge in [-0.3, -0.25) is 4.79 Å². The molecule has 0 bridgehead atoms. The molecule has 1 fully saturated rings. The second-order valence-corrected chi connectivity index (χ2v) is 11.2. The quantitative estimate of drug-likeness (QED) is 0.313. The number of benzene rings is 2. The number of ketones is 1. The maximum absolute atomic E-state index is 13.3. The summed E-state index contributed by atoms with van der Waals surface area (Å²) in [5, 5.41) is 9.22. The van der Waals surface area contributed by atoms with Gasteiger partial charge in [0.15, 0.2) is 32.8 Å². The number of sulfone groups is 1. The van der Waals surface area contributed by atoms with Crippen LogP contribution in [-0.2, 0) is 19.4 Å². The van der Waals surface area contributed by atoms with Crippen LogP contribution >= 0.6 is 0 Å². The van der Waals surface area contributed by atoms with Crippen LogP contribution in [0.1, 0.15) is 62.9 Å². The van der Waals surface area contributed by atoms with E-state index in [0.717, 1.165) is 5.56 Å². The van der Waals surface area contributed by atoms with Gasteiger partial charge in [0, 0.05) is 13.0 Å². The van der Waals surface area contributed by atoms with Gasteiger partial charge in [0.25, 0.3) is 0 Å². The second-order valence-electron chi connectivity index (χ2n) is 9.23. The number of methoxy groups -OCH3 is 3. The number of rotatable bonds is 15. The highest BCUT2D eigenvalue weighted by atomic mass is 32.2. The predicted molar refractivity (Wildman–Crippen MR) is 144 cm³/mol. The van der Waals surface area contributed by atoms with Crippen LogP contribution in [-0.4, -0.2) is 66.2 Å². The van der Waals surface area contributed by atoms with Crippen LogP contribution in [0.4, 0.5) is 0 Å². The van der Waals surface area contributed by atoms with Gasteiger partial charge in [-0.1, -0.05) is 6.92 Å². The van der Waals surface area contributed by atoms with E-state index in [1.54, 1.807) is 20.3 Å². The zero-order valence-corrected chi connectivity index (χ0v) is 24.0. The Morgan fingerprint density at radius 2 is 1.49 bits per heavy atom. The molecule has 3 rings (SSSR count). The van der Waals surface area contributed by atoms with Crippen molar-refractivity contribution in [2.75, 3.05) is 46.9 Å². The molecule has 1 aliphatic heterocycles. The fourth-order valence-corrected chi connectivity index (χ4v) is 5.92. The molecule has 0 amide bonds. The van der Waals surface area contributed by atoms with E-state index in [4.69, 9.17) is 28.4 Å². The third-order valence-corrected chi connectivity index (χ3v) is 7.99. The number of aliphatic hydroxyl groups excluding tert-OH is 1. The molecule has 2 atom stereocenters. The van der Waals surface area contributed by atoms with Crippen LogP contribution in [0.2, 0.25) is 0 Å². The highest BCUT2D eigenvalue weighted by Gasteiger charge is 2.33. The van der Waals surface area contributed by atoms with E-state index in [1.165, 1.54) is 20.1 Å². The molecule has 216 valence electrons. The van der Waals surface area contributed by atoms with E-state index < -0.39 is 27.5 Å². The van der Waals surface area contributed by atoms with Gasteiger partial charge >= 0.3 is 0 Å². The third-order valence-electron chi connectivity index (χ3n) is 6.23. The van der Waals surface area contributed by atoms with Crippen molar-refractivity contribution >= 4 is 15.6 Å². The first-order chi connectivity index (χ1) is 18.7. The molecule has 10 nitrogen and oxygen atoms in total. The minimum atomic E-state index is -4.02. The Morgan fingerprint density at radius 1 is 0.897 bits per heavy atom. The molecular weight excluding hydrogens is 528 g/mol. The molecule has 39 heavy (non-hydrogen) atoms. The van der Waals surface area contributed by atoms with Gasteiger partial charge in [0.2, 0.25) is 5.75 Å². The lowest BCUT2D eigenvalue weighted by molar-refractivity contribution is -0.114. The Balaban J connectivity index is 2.03. The van der Waals surface area contributed by atoms with Crippen molar-refractivity contribution in [3.63, 3.8) is 0 Å². The number of Topliss-reactive ketones (excluding diaryl/α,β-unsaturated/α-hetero) is 1. The van der Waals surface area contributed by atoms with Crippen molar-refractivity contribution in [1.29, 1.82) is 0 Å². The van der Waals surface area contributed by atoms with Crippen LogP contribution in [0.25, 0.3) is 0 Å². The van der Waals surface area contributed by atoms with Gasteiger partial charge in [-0.2, -0.15) is 0 Å². The van der Waals surface area contributed by atoms with Crippen molar-refractivity contribution in [2.24, 2.45) is 0 Å². The zero-order valence-electron chi connectivity index (χ0n) is 23.2. The fourth-order valence-electron chi connectivity index (χ4n) is 4.47. The molecular formula is C28H38O10S. The molecule has 2 aromatic rings. The number of carbonyl (C=O) groups is 1. The summed E-state index contributed by atoms with van der Waals surface area (Å²) < 4.78 is 61.1. The maximum atomic E-state index is 13.3. The summed E-state index contributed by atoms with van der Waals surface area (Å²) in [5.74, 6) is 0.654. The predicted octanol–water partition coefficient (Wildman–Crippen LogP) is 4.22. The molecule has 0 aromatic heterocycles. The Bertz CT molecular complexity index is 1220. The normalized spacial score (nSPS) is 17.1. The van der Waals surface area contributed by atoms with E-state index in [1.807, 2.05) is 19.1 Å². The molecule has 2 aromatic carbocycles. The minimum absolute atomic E-state index is 0.0685. The number of carbonyl (C=O) groups excluding carboxylic acids is 1. The molecule has 0 spiro atoms. The Kier molecular flexibility index (Phi) is 10.8. The Hall–Kier alpha value is -3.02. The van der Waals surface area contributed by atoms with Crippen LogP contribution < -0.4 is 23.7 Å². The average molecular weight is 567 g/mol. The molecule has 11 heteroatoms. The monoisotopic (exact) mass is 566 g/mol. The van der Waals surface area contributed by atoms with Gasteiger partial charge in [0.05, 0.1) is 46.8 Å². The first-order valence-corrected chi connectivity index (χ1v) is 14.6. The topological polar surface area (TPSA) is 127 Å². The molecule has 1 N–H and O–H groups in total. The molecule has 2 unspecified atom stereocenters. The lowest BCUT2D eigenvalue weighted by atomic mass is 10.0. The van der Waals surface area contributed by atoms with Crippen LogP contribution in [0, 0.1) is 0 Å². The summed E-state index contributed by atoms with van der Waals surface area (Å²) >= 11 is 0. The molecule has 0 aliphatic carbocycles. The van der Waals surface area contributed by atoms with Crippen molar-refractivity contribution < 1.29 is 46.7 Å². The molecule has 1 saturated heterocycles. The van der Waals surface area contributed by atoms with Crippen LogP contribution in [0.3, 0.4) is 0 Å². The van der Waals surface area contributed by atoms with E-state index in [2.05, 4.69) is 0 Å². The first-order valence-electron chi connectivity index (χ1n) is 12.9. The van der Waals surface area contributed by atoms with Gasteiger partial charge in [0.1, 0.15) is 16.4 Å². The largest absolute Gasteiger partial charge is 0.493 e. The summed E-state index contributed by atoms with van der Waals surface area (Å²) in [5.41, 5.74) is 1.42. The molecule has 1 aliphatic rings. The van der Waals surface area contributed by atoms with E-state index in [0.29, 0.717) is 48.5 Å². The van der Waals surface area contributed by atoms with Crippen LogP contribution in [0.15, 0.2) is 29.2 Å². The van der Waals surface area contributed by atoms with Gasteiger partial charge in [-0.05, 0) is 61.6 Å². The average Bonchev–Trinajstić information content (AvgIpc) is 3.41. The standard InChI is InChI=1S/C28H38O10S/c1-6-11-37-28-25(36-12-7-10-29)15-20(16-26(28)39(31,32)17-18(2)30)22-9-8-21(38-22)19-13-23(33-3)27(35-5)24(14-19)34-4/h13-16,21-22,29H,6-12,17H2,1-5H3. The van der Waals surface area contributed by atoms with E-state index in [-0.39, 0.29) is 42.3 Å². The Labute approximate surface area is 230 Å². The molecule has 1 heterocycles. The van der Waals surface area contributed by atoms with Crippen molar-refractivity contribution in [2.45, 2.75) is 56.6 Å². The number of ether oxygens (including phenoxy) is 6. The number of aliphatic hydroxyl groups is 1. The molecule has 0 saturated carbocycles. The van der Waals surface area contributed by atoms with Crippen molar-refractivity contribution in [1.82, 2.24) is 0 Å². The second kappa shape index (κ2) is 13.9. The highest BCUT2D eigenvalue weighted by Crippen LogP contribution is 2.48. The zero-order chi connectivity index (χ0) is 28.6. The van der Waals surface area contributed by atoms with Gasteiger partial charge < -0.3 is 33.5 Å². The third kappa shape index (κ3) is 7.34. The van der Waals surface area contributed by atoms with E-state index >= 15 is 0 Å². The lowest BCUT2D eigenvalue weighted by Crippen LogP contribution is -2.16. The summed E-state index contributed by atoms with van der Waals surface area (Å²) in [7, 11) is 0.601.